The lowest BCUT2D eigenvalue weighted by Gasteiger charge is -2.40. The van der Waals surface area contributed by atoms with Gasteiger partial charge >= 0.3 is 5.97 Å². The van der Waals surface area contributed by atoms with Crippen LogP contribution in [0, 0.1) is 5.92 Å². The van der Waals surface area contributed by atoms with Gasteiger partial charge in [-0.25, -0.2) is 0 Å². The molecule has 8 nitrogen and oxygen atoms in total. The second-order valence-corrected chi connectivity index (χ2v) is 19.0. The Morgan fingerprint density at radius 1 is 0.645 bits per heavy atom. The molecule has 358 valence electrons. The molecule has 1 aliphatic heterocycles. The molecule has 2 amide bonds. The molecule has 1 saturated heterocycles. The van der Waals surface area contributed by atoms with E-state index in [-0.39, 0.29) is 23.8 Å². The van der Waals surface area contributed by atoms with E-state index in [9.17, 15) is 14.4 Å². The van der Waals surface area contributed by atoms with Crippen molar-refractivity contribution in [3.8, 4) is 5.75 Å². The highest BCUT2D eigenvalue weighted by atomic mass is 16.5. The second kappa shape index (κ2) is 37.7. The fourth-order valence-corrected chi connectivity index (χ4v) is 9.47. The molecule has 1 unspecified atom stereocenters. The van der Waals surface area contributed by atoms with E-state index in [0.29, 0.717) is 25.3 Å². The maximum absolute atomic E-state index is 14.8. The summed E-state index contributed by atoms with van der Waals surface area (Å²) >= 11 is 0. The maximum Gasteiger partial charge on any atom is 0.305 e. The molecule has 8 heteroatoms. The third kappa shape index (κ3) is 26.9. The largest absolute Gasteiger partial charge is 0.497 e. The fourth-order valence-electron chi connectivity index (χ4n) is 9.47. The average Bonchev–Trinajstić information content (AvgIpc) is 3.28. The van der Waals surface area contributed by atoms with E-state index in [1.54, 1.807) is 7.11 Å². The number of rotatable bonds is 40. The van der Waals surface area contributed by atoms with Crippen LogP contribution in [0.1, 0.15) is 231 Å². The van der Waals surface area contributed by atoms with Crippen LogP contribution < -0.4 is 10.1 Å². The first kappa shape index (κ1) is 55.5. The number of amides is 2. The smallest absolute Gasteiger partial charge is 0.305 e. The number of methoxy groups -OCH3 is 2. The van der Waals surface area contributed by atoms with Crippen molar-refractivity contribution < 1.29 is 23.9 Å². The van der Waals surface area contributed by atoms with Gasteiger partial charge in [0.1, 0.15) is 11.8 Å². The zero-order chi connectivity index (χ0) is 44.9. The van der Waals surface area contributed by atoms with Crippen LogP contribution >= 0.6 is 0 Å². The number of nitrogens with one attached hydrogen (secondary N) is 1. The van der Waals surface area contributed by atoms with Crippen LogP contribution in [-0.2, 0) is 25.5 Å². The quantitative estimate of drug-likeness (QED) is 0.0522. The molecule has 1 aromatic carbocycles. The molecule has 2 rings (SSSR count). The van der Waals surface area contributed by atoms with E-state index in [0.717, 1.165) is 95.9 Å². The number of hydrogen-bond acceptors (Lipinski definition) is 6. The number of hydrogen-bond donors (Lipinski definition) is 1. The number of likely N-dealkylation sites (tertiary alicyclic amines) is 1. The summed E-state index contributed by atoms with van der Waals surface area (Å²) in [4.78, 5) is 45.4. The molecule has 0 bridgehead atoms. The van der Waals surface area contributed by atoms with E-state index in [1.807, 2.05) is 12.1 Å². The first-order chi connectivity index (χ1) is 30.3. The molecule has 0 aliphatic carbocycles. The van der Waals surface area contributed by atoms with Crippen molar-refractivity contribution in [1.29, 1.82) is 0 Å². The molecule has 1 atom stereocenters. The zero-order valence-electron chi connectivity index (χ0n) is 41.1. The average molecular weight is 868 g/mol. The minimum Gasteiger partial charge on any atom is -0.497 e. The number of nitrogens with zero attached hydrogens (tertiary/aromatic N) is 2. The highest BCUT2D eigenvalue weighted by Gasteiger charge is 2.36. The van der Waals surface area contributed by atoms with Gasteiger partial charge in [0.05, 0.1) is 14.2 Å². The van der Waals surface area contributed by atoms with Crippen molar-refractivity contribution in [3.63, 3.8) is 0 Å². The van der Waals surface area contributed by atoms with Gasteiger partial charge in [0.15, 0.2) is 0 Å². The summed E-state index contributed by atoms with van der Waals surface area (Å²) in [7, 11) is 5.35. The molecule has 62 heavy (non-hydrogen) atoms. The number of benzene rings is 1. The first-order valence-corrected chi connectivity index (χ1v) is 26.3. The predicted octanol–water partition coefficient (Wildman–Crippen LogP) is 13.6. The Kier molecular flexibility index (Phi) is 33.8. The van der Waals surface area contributed by atoms with Crippen molar-refractivity contribution in [3.05, 3.63) is 29.8 Å². The fraction of sp³-hybridized carbons (Fsp3) is 0.833. The molecule has 1 aromatic rings. The van der Waals surface area contributed by atoms with E-state index in [2.05, 4.69) is 48.1 Å². The van der Waals surface area contributed by atoms with E-state index >= 15 is 0 Å². The molecular formula is C54H97N3O5. The molecular weight excluding hydrogens is 771 g/mol. The number of esters is 1. The molecule has 1 heterocycles. The van der Waals surface area contributed by atoms with Crippen LogP contribution in [0.25, 0.3) is 0 Å². The summed E-state index contributed by atoms with van der Waals surface area (Å²) in [5.74, 6) is 1.46. The van der Waals surface area contributed by atoms with Gasteiger partial charge in [0.2, 0.25) is 11.8 Å². The number of piperidine rings is 1. The van der Waals surface area contributed by atoms with Crippen molar-refractivity contribution in [1.82, 2.24) is 15.1 Å². The Hall–Kier alpha value is -2.61. The summed E-state index contributed by atoms with van der Waals surface area (Å²) in [5, 5.41) is 3.37. The minimum absolute atomic E-state index is 0.0520. The Bertz CT molecular complexity index is 1210. The highest BCUT2D eigenvalue weighted by Crippen LogP contribution is 2.29. The number of carbonyl (C=O) groups is 3. The van der Waals surface area contributed by atoms with Crippen molar-refractivity contribution >= 4 is 17.8 Å². The van der Waals surface area contributed by atoms with E-state index in [4.69, 9.17) is 9.47 Å². The predicted molar refractivity (Wildman–Crippen MR) is 261 cm³/mol. The van der Waals surface area contributed by atoms with Gasteiger partial charge in [-0.15, -0.1) is 0 Å². The van der Waals surface area contributed by atoms with Crippen molar-refractivity contribution in [2.75, 3.05) is 40.9 Å². The number of carbonyl (C=O) groups excluding carboxylic acids is 3. The lowest BCUT2D eigenvalue weighted by atomic mass is 9.87. The van der Waals surface area contributed by atoms with Crippen LogP contribution in [0.2, 0.25) is 0 Å². The van der Waals surface area contributed by atoms with E-state index < -0.39 is 6.04 Å². The van der Waals surface area contributed by atoms with Gasteiger partial charge < -0.3 is 24.6 Å². The van der Waals surface area contributed by atoms with Crippen LogP contribution in [0.5, 0.6) is 5.75 Å². The summed E-state index contributed by atoms with van der Waals surface area (Å²) in [6.45, 7) is 7.24. The zero-order valence-corrected chi connectivity index (χ0v) is 41.1. The topological polar surface area (TPSA) is 88.2 Å². The Morgan fingerprint density at radius 3 is 1.56 bits per heavy atom. The second-order valence-electron chi connectivity index (χ2n) is 19.0. The normalized spacial score (nSPS) is 14.0. The Labute approximate surface area is 382 Å². The van der Waals surface area contributed by atoms with Gasteiger partial charge in [0.25, 0.3) is 0 Å². The van der Waals surface area contributed by atoms with Crippen molar-refractivity contribution in [2.24, 2.45) is 5.92 Å². The van der Waals surface area contributed by atoms with E-state index in [1.165, 1.54) is 141 Å². The van der Waals surface area contributed by atoms with Gasteiger partial charge in [-0.2, -0.15) is 0 Å². The molecule has 0 aromatic heterocycles. The lowest BCUT2D eigenvalue weighted by molar-refractivity contribution is -0.144. The number of ether oxygens (including phenoxy) is 2. The van der Waals surface area contributed by atoms with Gasteiger partial charge in [0, 0.05) is 25.4 Å². The molecule has 1 fully saturated rings. The first-order valence-electron chi connectivity index (χ1n) is 26.3. The van der Waals surface area contributed by atoms with Gasteiger partial charge in [-0.1, -0.05) is 180 Å². The molecule has 0 saturated carbocycles. The maximum atomic E-state index is 14.8. The summed E-state index contributed by atoms with van der Waals surface area (Å²) < 4.78 is 10.1. The number of unbranched alkanes of at least 4 members (excludes halogenated alkanes) is 23. The Balaban J connectivity index is 2.14. The molecule has 1 N–H and O–H groups in total. The molecule has 0 radical (unpaired) electrons. The van der Waals surface area contributed by atoms with Crippen LogP contribution in [0.15, 0.2) is 24.3 Å². The van der Waals surface area contributed by atoms with Crippen LogP contribution in [0.4, 0.5) is 0 Å². The minimum atomic E-state index is -0.418. The monoisotopic (exact) mass is 868 g/mol. The highest BCUT2D eigenvalue weighted by molar-refractivity contribution is 5.88. The van der Waals surface area contributed by atoms with Gasteiger partial charge in [-0.05, 0) is 95.1 Å². The SMILES string of the molecule is CCCCCCCCCC(CCCCCCCCC)N(C(=O)CCCCCCCCCCCCCCC(=O)OC)C(CC1CCN(C)CC1)C(=O)NCCc1ccc(OC)cc1. The third-order valence-corrected chi connectivity index (χ3v) is 13.6. The summed E-state index contributed by atoms with van der Waals surface area (Å²) in [6, 6.07) is 7.83. The summed E-state index contributed by atoms with van der Waals surface area (Å²) in [6.07, 6.45) is 38.4. The Morgan fingerprint density at radius 2 is 1.10 bits per heavy atom. The molecule has 1 aliphatic rings. The van der Waals surface area contributed by atoms with Crippen LogP contribution in [-0.4, -0.2) is 80.6 Å². The van der Waals surface area contributed by atoms with Crippen LogP contribution in [0.3, 0.4) is 0 Å². The standard InChI is InChI=1S/C54H97N3O5/c1-6-8-10-12-20-24-28-32-49(33-29-25-21-13-11-9-7-2)57(52(58)34-30-26-22-18-16-14-15-17-19-23-27-31-35-53(59)62-5)51(46-48-41-44-56(3)45-42-48)54(60)55-43-40-47-36-38-50(61-4)39-37-47/h36-39,48-49,51H,6-35,40-46H2,1-5H3,(H,55,60). The third-order valence-electron chi connectivity index (χ3n) is 13.6. The van der Waals surface area contributed by atoms with Crippen molar-refractivity contribution in [2.45, 2.75) is 244 Å². The van der Waals surface area contributed by atoms with Gasteiger partial charge in [-0.3, -0.25) is 14.4 Å². The lowest BCUT2D eigenvalue weighted by Crippen LogP contribution is -2.55. The summed E-state index contributed by atoms with van der Waals surface area (Å²) in [5.41, 5.74) is 1.17. The molecule has 0 spiro atoms.